The van der Waals surface area contributed by atoms with Gasteiger partial charge in [-0.2, -0.15) is 0 Å². The fourth-order valence-electron chi connectivity index (χ4n) is 3.48. The number of hydrogen-bond donors (Lipinski definition) is 2. The molecule has 3 aliphatic heterocycles. The summed E-state index contributed by atoms with van der Waals surface area (Å²) in [5.41, 5.74) is 0. The van der Waals surface area contributed by atoms with Gasteiger partial charge in [-0.15, -0.1) is 11.8 Å². The molecule has 0 aromatic heterocycles. The third-order valence-corrected chi connectivity index (χ3v) is 5.80. The molecule has 2 N–H and O–H groups in total. The zero-order valence-electron chi connectivity index (χ0n) is 11.9. The number of nitrogens with zero attached hydrogens (tertiary/aromatic N) is 1. The summed E-state index contributed by atoms with van der Waals surface area (Å²) in [6, 6.07) is 0.447. The smallest absolute Gasteiger partial charge is 0.0989 e. The second-order valence-corrected chi connectivity index (χ2v) is 7.25. The number of nitrogens with one attached hydrogen (secondary N) is 2. The van der Waals surface area contributed by atoms with E-state index >= 15 is 0 Å². The predicted molar refractivity (Wildman–Crippen MR) is 80.6 cm³/mol. The monoisotopic (exact) mass is 283 g/mol. The number of hydrogen-bond acceptors (Lipinski definition) is 5. The lowest BCUT2D eigenvalue weighted by molar-refractivity contribution is -0.0882. The number of rotatable bonds is 2. The van der Waals surface area contributed by atoms with Gasteiger partial charge in [-0.3, -0.25) is 4.90 Å². The van der Waals surface area contributed by atoms with Gasteiger partial charge in [-0.05, 0) is 13.8 Å². The molecule has 2 fully saturated rings. The summed E-state index contributed by atoms with van der Waals surface area (Å²) in [7, 11) is 0. The average molecular weight is 283 g/mol. The van der Waals surface area contributed by atoms with E-state index in [0.29, 0.717) is 18.2 Å². The van der Waals surface area contributed by atoms with E-state index in [1.807, 2.05) is 0 Å². The fraction of sp³-hybridized carbons (Fsp3) is 0.857. The van der Waals surface area contributed by atoms with Crippen LogP contribution in [0.3, 0.4) is 0 Å². The second-order valence-electron chi connectivity index (χ2n) is 5.85. The molecule has 3 heterocycles. The van der Waals surface area contributed by atoms with Crippen molar-refractivity contribution < 1.29 is 4.74 Å². The minimum Gasteiger partial charge on any atom is -0.373 e. The highest BCUT2D eigenvalue weighted by Gasteiger charge is 2.47. The van der Waals surface area contributed by atoms with Crippen LogP contribution in [0.5, 0.6) is 0 Å². The molecule has 4 nitrogen and oxygen atoms in total. The Labute approximate surface area is 120 Å². The van der Waals surface area contributed by atoms with Crippen molar-refractivity contribution in [2.24, 2.45) is 0 Å². The van der Waals surface area contributed by atoms with Crippen molar-refractivity contribution in [1.29, 1.82) is 0 Å². The van der Waals surface area contributed by atoms with E-state index in [-0.39, 0.29) is 4.87 Å². The molecule has 0 amide bonds. The van der Waals surface area contributed by atoms with Gasteiger partial charge < -0.3 is 15.4 Å². The molecule has 0 radical (unpaired) electrons. The van der Waals surface area contributed by atoms with Gasteiger partial charge in [0.2, 0.25) is 0 Å². The Morgan fingerprint density at radius 3 is 2.68 bits per heavy atom. The number of ether oxygens (including phenoxy) is 1. The lowest BCUT2D eigenvalue weighted by Crippen LogP contribution is -2.68. The van der Waals surface area contributed by atoms with Crippen LogP contribution in [0.1, 0.15) is 13.8 Å². The largest absolute Gasteiger partial charge is 0.373 e. The van der Waals surface area contributed by atoms with Crippen molar-refractivity contribution in [3.63, 3.8) is 0 Å². The Bertz CT molecular complexity index is 334. The number of morpholine rings is 1. The van der Waals surface area contributed by atoms with E-state index in [4.69, 9.17) is 4.74 Å². The highest BCUT2D eigenvalue weighted by Crippen LogP contribution is 2.38. The van der Waals surface area contributed by atoms with Gasteiger partial charge in [0.1, 0.15) is 0 Å². The predicted octanol–water partition coefficient (Wildman–Crippen LogP) is 0.656. The van der Waals surface area contributed by atoms with Crippen LogP contribution in [0.4, 0.5) is 0 Å². The third-order valence-electron chi connectivity index (χ3n) is 4.23. The fourth-order valence-corrected chi connectivity index (χ4v) is 4.96. The second kappa shape index (κ2) is 5.74. The highest BCUT2D eigenvalue weighted by molar-refractivity contribution is 8.00. The van der Waals surface area contributed by atoms with Gasteiger partial charge in [-0.25, -0.2) is 0 Å². The van der Waals surface area contributed by atoms with E-state index in [9.17, 15) is 0 Å². The molecule has 0 spiro atoms. The molecule has 3 aliphatic rings. The van der Waals surface area contributed by atoms with E-state index in [1.54, 1.807) is 0 Å². The quantitative estimate of drug-likeness (QED) is 0.728. The molecule has 2 saturated heterocycles. The summed E-state index contributed by atoms with van der Waals surface area (Å²) in [5, 5.41) is 7.24. The van der Waals surface area contributed by atoms with Crippen LogP contribution in [0.2, 0.25) is 0 Å². The minimum absolute atomic E-state index is 0.150. The minimum atomic E-state index is 0.150. The maximum absolute atomic E-state index is 5.91. The van der Waals surface area contributed by atoms with Crippen LogP contribution in [0.15, 0.2) is 12.2 Å². The highest BCUT2D eigenvalue weighted by atomic mass is 32.2. The Hall–Kier alpha value is -0.0700. The molecule has 4 atom stereocenters. The first-order valence-electron chi connectivity index (χ1n) is 7.36. The summed E-state index contributed by atoms with van der Waals surface area (Å²) in [5.74, 6) is 1.19. The van der Waals surface area contributed by atoms with Crippen molar-refractivity contribution in [2.75, 3.05) is 38.5 Å². The summed E-state index contributed by atoms with van der Waals surface area (Å²) < 4.78 is 5.91. The molecule has 0 aromatic rings. The summed E-state index contributed by atoms with van der Waals surface area (Å²) in [6.45, 7) is 9.63. The van der Waals surface area contributed by atoms with E-state index in [1.165, 1.54) is 5.75 Å². The van der Waals surface area contributed by atoms with Gasteiger partial charge in [0.05, 0.1) is 23.1 Å². The maximum atomic E-state index is 5.91. The Morgan fingerprint density at radius 2 is 2.11 bits per heavy atom. The Kier molecular flexibility index (Phi) is 4.19. The molecule has 19 heavy (non-hydrogen) atoms. The van der Waals surface area contributed by atoms with Crippen LogP contribution >= 0.6 is 11.8 Å². The van der Waals surface area contributed by atoms with Gasteiger partial charge >= 0.3 is 0 Å². The molecule has 108 valence electrons. The topological polar surface area (TPSA) is 36.5 Å². The molecule has 0 aromatic carbocycles. The molecular formula is C14H25N3OS. The van der Waals surface area contributed by atoms with Crippen LogP contribution in [-0.4, -0.2) is 66.5 Å². The average Bonchev–Trinajstić information content (AvgIpc) is 2.92. The molecule has 0 bridgehead atoms. The van der Waals surface area contributed by atoms with Gasteiger partial charge in [0.15, 0.2) is 0 Å². The lowest BCUT2D eigenvalue weighted by Gasteiger charge is -2.52. The first-order chi connectivity index (χ1) is 9.21. The third kappa shape index (κ3) is 2.72. The molecule has 3 rings (SSSR count). The van der Waals surface area contributed by atoms with E-state index in [0.717, 1.165) is 32.7 Å². The molecule has 5 heteroatoms. The Morgan fingerprint density at radius 1 is 1.32 bits per heavy atom. The van der Waals surface area contributed by atoms with Crippen LogP contribution < -0.4 is 10.6 Å². The van der Waals surface area contributed by atoms with Crippen LogP contribution in [-0.2, 0) is 4.74 Å². The van der Waals surface area contributed by atoms with Gasteiger partial charge in [0.25, 0.3) is 0 Å². The molecule has 4 unspecified atom stereocenters. The van der Waals surface area contributed by atoms with Crippen molar-refractivity contribution in [1.82, 2.24) is 15.5 Å². The lowest BCUT2D eigenvalue weighted by atomic mass is 10.0. The summed E-state index contributed by atoms with van der Waals surface area (Å²) in [4.78, 5) is 2.80. The normalized spacial score (nSPS) is 44.6. The first-order valence-corrected chi connectivity index (χ1v) is 8.34. The van der Waals surface area contributed by atoms with E-state index in [2.05, 4.69) is 53.3 Å². The zero-order chi connectivity index (χ0) is 13.3. The van der Waals surface area contributed by atoms with Crippen molar-refractivity contribution in [2.45, 2.75) is 37.0 Å². The number of thioether (sulfide) groups is 1. The van der Waals surface area contributed by atoms with Crippen molar-refractivity contribution in [3.05, 3.63) is 12.2 Å². The van der Waals surface area contributed by atoms with Gasteiger partial charge in [0, 0.05) is 38.5 Å². The Balaban J connectivity index is 1.83. The standard InChI is InChI=1S/C14H25N3OS/c1-11-8-17(9-12(2)18-11)14(10-15-6-7-19-14)13-4-3-5-16-13/h3-4,11-13,15-16H,5-10H2,1-2H3. The summed E-state index contributed by atoms with van der Waals surface area (Å²) in [6.07, 6.45) is 5.27. The van der Waals surface area contributed by atoms with Crippen molar-refractivity contribution >= 4 is 11.8 Å². The van der Waals surface area contributed by atoms with Gasteiger partial charge in [-0.1, -0.05) is 12.2 Å². The molecular weight excluding hydrogens is 258 g/mol. The molecule has 0 saturated carbocycles. The zero-order valence-corrected chi connectivity index (χ0v) is 12.7. The van der Waals surface area contributed by atoms with Crippen molar-refractivity contribution in [3.8, 4) is 0 Å². The van der Waals surface area contributed by atoms with Crippen LogP contribution in [0.25, 0.3) is 0 Å². The van der Waals surface area contributed by atoms with E-state index < -0.39 is 0 Å². The summed E-state index contributed by atoms with van der Waals surface area (Å²) >= 11 is 2.11. The molecule has 0 aliphatic carbocycles. The first kappa shape index (κ1) is 13.9. The van der Waals surface area contributed by atoms with Crippen LogP contribution in [0, 0.1) is 0 Å². The maximum Gasteiger partial charge on any atom is 0.0989 e. The SMILES string of the molecule is CC1CN(C2(C3C=CCN3)CNCCS2)CC(C)O1.